The molecule has 1 atom stereocenters. The zero-order chi connectivity index (χ0) is 18.6. The number of nitrogens with one attached hydrogen (secondary N) is 2. The van der Waals surface area contributed by atoms with Gasteiger partial charge in [-0.2, -0.15) is 0 Å². The molecule has 146 valence electrons. The number of halogens is 1. The van der Waals surface area contributed by atoms with Gasteiger partial charge in [-0.3, -0.25) is 9.89 Å². The molecule has 2 aromatic rings. The van der Waals surface area contributed by atoms with Crippen LogP contribution in [-0.4, -0.2) is 66.1 Å². The number of H-pyrrole nitrogens is 1. The lowest BCUT2D eigenvalue weighted by Crippen LogP contribution is -2.42. The van der Waals surface area contributed by atoms with Crippen molar-refractivity contribution in [2.45, 2.75) is 38.6 Å². The fourth-order valence-corrected chi connectivity index (χ4v) is 4.40. The quantitative estimate of drug-likeness (QED) is 0.627. The molecule has 2 aliphatic heterocycles. The molecule has 2 aliphatic rings. The van der Waals surface area contributed by atoms with Gasteiger partial charge in [0, 0.05) is 49.3 Å². The summed E-state index contributed by atoms with van der Waals surface area (Å²) in [6.07, 6.45) is 6.70. The lowest BCUT2D eigenvalue weighted by atomic mass is 10.1. The number of aromatic nitrogens is 1. The second-order valence-electron chi connectivity index (χ2n) is 7.62. The molecule has 2 N–H and O–H groups in total. The number of fused-ring (bicyclic) bond motifs is 1. The minimum absolute atomic E-state index is 0.190. The molecule has 1 aromatic carbocycles. The lowest BCUT2D eigenvalue weighted by Gasteiger charge is -2.25. The summed E-state index contributed by atoms with van der Waals surface area (Å²) in [7, 11) is 0. The third kappa shape index (κ3) is 4.10. The summed E-state index contributed by atoms with van der Waals surface area (Å²) in [4.78, 5) is 13.1. The van der Waals surface area contributed by atoms with Crippen molar-refractivity contribution in [2.75, 3.05) is 39.3 Å². The average molecular weight is 372 g/mol. The largest absolute Gasteiger partial charge is 0.361 e. The van der Waals surface area contributed by atoms with Gasteiger partial charge in [-0.05, 0) is 69.5 Å². The van der Waals surface area contributed by atoms with Gasteiger partial charge in [0.15, 0.2) is 5.96 Å². The normalized spacial score (nSPS) is 21.5. The Hall–Kier alpha value is -2.08. The van der Waals surface area contributed by atoms with Crippen molar-refractivity contribution in [3.05, 3.63) is 35.8 Å². The maximum absolute atomic E-state index is 13.6. The van der Waals surface area contributed by atoms with Gasteiger partial charge < -0.3 is 15.2 Å². The summed E-state index contributed by atoms with van der Waals surface area (Å²) in [5.41, 5.74) is 2.11. The molecule has 4 rings (SSSR count). The Morgan fingerprint density at radius 1 is 1.30 bits per heavy atom. The van der Waals surface area contributed by atoms with Crippen LogP contribution in [-0.2, 0) is 6.42 Å². The molecule has 0 radical (unpaired) electrons. The Balaban J connectivity index is 1.39. The summed E-state index contributed by atoms with van der Waals surface area (Å²) in [5, 5.41) is 4.42. The smallest absolute Gasteiger partial charge is 0.193 e. The topological polar surface area (TPSA) is 46.7 Å². The van der Waals surface area contributed by atoms with Crippen LogP contribution in [0.3, 0.4) is 0 Å². The molecular formula is C21H30FN5. The molecule has 2 fully saturated rings. The molecule has 0 saturated carbocycles. The number of aromatic amines is 1. The maximum atomic E-state index is 13.6. The van der Waals surface area contributed by atoms with Gasteiger partial charge in [0.25, 0.3) is 0 Å². The van der Waals surface area contributed by atoms with Crippen LogP contribution in [0.15, 0.2) is 29.4 Å². The van der Waals surface area contributed by atoms with Crippen molar-refractivity contribution >= 4 is 16.9 Å². The number of guanidine groups is 1. The second-order valence-corrected chi connectivity index (χ2v) is 7.62. The zero-order valence-corrected chi connectivity index (χ0v) is 16.2. The first kappa shape index (κ1) is 18.3. The van der Waals surface area contributed by atoms with Crippen LogP contribution in [0.4, 0.5) is 4.39 Å². The van der Waals surface area contributed by atoms with Crippen molar-refractivity contribution in [1.82, 2.24) is 20.1 Å². The standard InChI is InChI=1S/C21H30FN5/c1-2-23-21(27-12-8-18(15-27)26-10-3-4-11-26)24-9-7-16-14-25-20-6-5-17(22)13-19(16)20/h5-6,13-14,18,25H,2-4,7-12,15H2,1H3,(H,23,24). The van der Waals surface area contributed by atoms with Crippen molar-refractivity contribution < 1.29 is 4.39 Å². The van der Waals surface area contributed by atoms with E-state index in [1.54, 1.807) is 12.1 Å². The number of aliphatic imine (C=N–C) groups is 1. The predicted octanol–water partition coefficient (Wildman–Crippen LogP) is 2.99. The molecule has 5 nitrogen and oxygen atoms in total. The molecule has 27 heavy (non-hydrogen) atoms. The van der Waals surface area contributed by atoms with E-state index in [0.717, 1.165) is 48.5 Å². The molecule has 3 heterocycles. The number of likely N-dealkylation sites (tertiary alicyclic amines) is 2. The first-order valence-corrected chi connectivity index (χ1v) is 10.3. The molecule has 1 unspecified atom stereocenters. The summed E-state index contributed by atoms with van der Waals surface area (Å²) in [6.45, 7) is 8.35. The summed E-state index contributed by atoms with van der Waals surface area (Å²) in [6, 6.07) is 5.57. The van der Waals surface area contributed by atoms with Crippen LogP contribution in [0.25, 0.3) is 10.9 Å². The van der Waals surface area contributed by atoms with Gasteiger partial charge in [0.1, 0.15) is 5.82 Å². The molecule has 0 spiro atoms. The Bertz CT molecular complexity index is 793. The van der Waals surface area contributed by atoms with E-state index < -0.39 is 0 Å². The first-order valence-electron chi connectivity index (χ1n) is 10.3. The van der Waals surface area contributed by atoms with Crippen molar-refractivity contribution in [1.29, 1.82) is 0 Å². The van der Waals surface area contributed by atoms with Gasteiger partial charge >= 0.3 is 0 Å². The van der Waals surface area contributed by atoms with Gasteiger partial charge in [-0.25, -0.2) is 4.39 Å². The van der Waals surface area contributed by atoms with E-state index in [1.165, 1.54) is 38.4 Å². The maximum Gasteiger partial charge on any atom is 0.193 e. The van der Waals surface area contributed by atoms with Crippen molar-refractivity contribution in [3.8, 4) is 0 Å². The number of rotatable bonds is 5. The van der Waals surface area contributed by atoms with Crippen LogP contribution in [0.2, 0.25) is 0 Å². The van der Waals surface area contributed by atoms with Gasteiger partial charge in [0.05, 0.1) is 0 Å². The highest BCUT2D eigenvalue weighted by Crippen LogP contribution is 2.21. The molecular weight excluding hydrogens is 341 g/mol. The summed E-state index contributed by atoms with van der Waals surface area (Å²) in [5.74, 6) is 0.829. The SMILES string of the molecule is CCNC(=NCCc1c[nH]c2ccc(F)cc12)N1CCC(N2CCCC2)C1. The third-order valence-corrected chi connectivity index (χ3v) is 5.83. The monoisotopic (exact) mass is 371 g/mol. The predicted molar refractivity (Wildman–Crippen MR) is 109 cm³/mol. The fraction of sp³-hybridized carbons (Fsp3) is 0.571. The van der Waals surface area contributed by atoms with Crippen molar-refractivity contribution in [3.63, 3.8) is 0 Å². The van der Waals surface area contributed by atoms with E-state index in [2.05, 4.69) is 27.0 Å². The van der Waals surface area contributed by atoms with E-state index in [1.807, 2.05) is 6.20 Å². The molecule has 6 heteroatoms. The second kappa shape index (κ2) is 8.30. The van der Waals surface area contributed by atoms with Gasteiger partial charge in [-0.15, -0.1) is 0 Å². The van der Waals surface area contributed by atoms with E-state index in [0.29, 0.717) is 12.6 Å². The Labute approximate surface area is 160 Å². The van der Waals surface area contributed by atoms with Crippen LogP contribution >= 0.6 is 0 Å². The first-order chi connectivity index (χ1) is 13.2. The average Bonchev–Trinajstić information content (AvgIpc) is 3.41. The highest BCUT2D eigenvalue weighted by Gasteiger charge is 2.30. The zero-order valence-electron chi connectivity index (χ0n) is 16.2. The summed E-state index contributed by atoms with van der Waals surface area (Å²) >= 11 is 0. The van der Waals surface area contributed by atoms with Crippen molar-refractivity contribution in [2.24, 2.45) is 4.99 Å². The molecule has 1 aromatic heterocycles. The molecule has 0 aliphatic carbocycles. The van der Waals surface area contributed by atoms with E-state index in [9.17, 15) is 4.39 Å². The van der Waals surface area contributed by atoms with Crippen LogP contribution < -0.4 is 5.32 Å². The fourth-order valence-electron chi connectivity index (χ4n) is 4.40. The van der Waals surface area contributed by atoms with E-state index in [-0.39, 0.29) is 5.82 Å². The Kier molecular flexibility index (Phi) is 5.62. The minimum atomic E-state index is -0.190. The van der Waals surface area contributed by atoms with Crippen LogP contribution in [0.1, 0.15) is 31.7 Å². The van der Waals surface area contributed by atoms with E-state index in [4.69, 9.17) is 4.99 Å². The summed E-state index contributed by atoms with van der Waals surface area (Å²) < 4.78 is 13.6. The number of hydrogen-bond donors (Lipinski definition) is 2. The lowest BCUT2D eigenvalue weighted by molar-refractivity contribution is 0.249. The van der Waals surface area contributed by atoms with E-state index >= 15 is 0 Å². The van der Waals surface area contributed by atoms with Gasteiger partial charge in [0.2, 0.25) is 0 Å². The highest BCUT2D eigenvalue weighted by molar-refractivity contribution is 5.83. The van der Waals surface area contributed by atoms with Crippen LogP contribution in [0.5, 0.6) is 0 Å². The Morgan fingerprint density at radius 2 is 2.15 bits per heavy atom. The molecule has 0 bridgehead atoms. The molecule has 2 saturated heterocycles. The number of benzene rings is 1. The Morgan fingerprint density at radius 3 is 2.96 bits per heavy atom. The van der Waals surface area contributed by atoms with Gasteiger partial charge in [-0.1, -0.05) is 0 Å². The van der Waals surface area contributed by atoms with Crippen LogP contribution in [0, 0.1) is 5.82 Å². The number of hydrogen-bond acceptors (Lipinski definition) is 2. The minimum Gasteiger partial charge on any atom is -0.361 e. The number of nitrogens with zero attached hydrogens (tertiary/aromatic N) is 3. The third-order valence-electron chi connectivity index (χ3n) is 5.83. The molecule has 0 amide bonds. The highest BCUT2D eigenvalue weighted by atomic mass is 19.1.